The molecule has 0 radical (unpaired) electrons. The van der Waals surface area contributed by atoms with Crippen LogP contribution in [-0.4, -0.2) is 6.04 Å². The summed E-state index contributed by atoms with van der Waals surface area (Å²) in [5, 5.41) is 0.718. The van der Waals surface area contributed by atoms with Gasteiger partial charge in [-0.05, 0) is 24.6 Å². The van der Waals surface area contributed by atoms with E-state index in [0.29, 0.717) is 0 Å². The van der Waals surface area contributed by atoms with Gasteiger partial charge in [0.05, 0.1) is 0 Å². The molecular formula is C9H13ClN2. The Bertz CT molecular complexity index is 243. The van der Waals surface area contributed by atoms with Crippen molar-refractivity contribution in [1.29, 1.82) is 0 Å². The van der Waals surface area contributed by atoms with Crippen LogP contribution in [0.3, 0.4) is 0 Å². The van der Waals surface area contributed by atoms with E-state index in [1.165, 1.54) is 0 Å². The van der Waals surface area contributed by atoms with E-state index >= 15 is 0 Å². The molecule has 2 atom stereocenters. The molecule has 0 bridgehead atoms. The van der Waals surface area contributed by atoms with Crippen LogP contribution in [0.4, 0.5) is 0 Å². The van der Waals surface area contributed by atoms with E-state index in [4.69, 9.17) is 23.1 Å². The van der Waals surface area contributed by atoms with Crippen molar-refractivity contribution in [2.45, 2.75) is 19.0 Å². The molecule has 3 heteroatoms. The molecule has 66 valence electrons. The van der Waals surface area contributed by atoms with Crippen LogP contribution in [0.25, 0.3) is 0 Å². The quantitative estimate of drug-likeness (QED) is 0.735. The van der Waals surface area contributed by atoms with Crippen LogP contribution >= 0.6 is 11.6 Å². The summed E-state index contributed by atoms with van der Waals surface area (Å²) in [7, 11) is 0. The second-order valence-corrected chi connectivity index (χ2v) is 3.37. The zero-order valence-electron chi connectivity index (χ0n) is 7.00. The Morgan fingerprint density at radius 2 is 1.67 bits per heavy atom. The summed E-state index contributed by atoms with van der Waals surface area (Å²) in [6.07, 6.45) is 0. The van der Waals surface area contributed by atoms with Crippen LogP contribution in [0, 0.1) is 0 Å². The van der Waals surface area contributed by atoms with Gasteiger partial charge in [0.1, 0.15) is 0 Å². The first-order chi connectivity index (χ1) is 5.61. The van der Waals surface area contributed by atoms with Gasteiger partial charge in [0.25, 0.3) is 0 Å². The molecule has 0 aliphatic carbocycles. The van der Waals surface area contributed by atoms with Gasteiger partial charge in [-0.15, -0.1) is 0 Å². The van der Waals surface area contributed by atoms with Crippen molar-refractivity contribution in [2.75, 3.05) is 0 Å². The second kappa shape index (κ2) is 3.90. The van der Waals surface area contributed by atoms with Gasteiger partial charge in [-0.25, -0.2) is 0 Å². The summed E-state index contributed by atoms with van der Waals surface area (Å²) in [6, 6.07) is 7.29. The van der Waals surface area contributed by atoms with Gasteiger partial charge >= 0.3 is 0 Å². The molecule has 0 saturated heterocycles. The highest BCUT2D eigenvalue weighted by Gasteiger charge is 2.09. The lowest BCUT2D eigenvalue weighted by Gasteiger charge is -2.15. The first-order valence-electron chi connectivity index (χ1n) is 3.88. The van der Waals surface area contributed by atoms with Crippen molar-refractivity contribution in [3.05, 3.63) is 34.9 Å². The third-order valence-corrected chi connectivity index (χ3v) is 2.07. The first-order valence-corrected chi connectivity index (χ1v) is 4.25. The fourth-order valence-corrected chi connectivity index (χ4v) is 1.11. The highest BCUT2D eigenvalue weighted by molar-refractivity contribution is 6.30. The standard InChI is InChI=1S/C9H13ClN2/c1-6(11)9(12)7-2-4-8(10)5-3-7/h2-6,9H,11-12H2,1H3. The molecular weight excluding hydrogens is 172 g/mol. The van der Waals surface area contributed by atoms with Gasteiger partial charge in [0.15, 0.2) is 0 Å². The van der Waals surface area contributed by atoms with Crippen LogP contribution in [0.2, 0.25) is 5.02 Å². The Balaban J connectivity index is 2.82. The molecule has 0 aliphatic rings. The topological polar surface area (TPSA) is 52.0 Å². The summed E-state index contributed by atoms with van der Waals surface area (Å²) in [5.74, 6) is 0. The number of rotatable bonds is 2. The largest absolute Gasteiger partial charge is 0.326 e. The molecule has 0 fully saturated rings. The van der Waals surface area contributed by atoms with E-state index in [1.807, 2.05) is 31.2 Å². The van der Waals surface area contributed by atoms with Gasteiger partial charge in [0.2, 0.25) is 0 Å². The first kappa shape index (κ1) is 9.52. The normalized spacial score (nSPS) is 15.7. The molecule has 4 N–H and O–H groups in total. The van der Waals surface area contributed by atoms with Crippen molar-refractivity contribution in [1.82, 2.24) is 0 Å². The molecule has 2 nitrogen and oxygen atoms in total. The molecule has 0 aromatic heterocycles. The maximum atomic E-state index is 5.82. The van der Waals surface area contributed by atoms with E-state index < -0.39 is 0 Å². The Kier molecular flexibility index (Phi) is 3.09. The lowest BCUT2D eigenvalue weighted by Crippen LogP contribution is -2.30. The molecule has 0 spiro atoms. The summed E-state index contributed by atoms with van der Waals surface area (Å²) >= 11 is 5.72. The zero-order chi connectivity index (χ0) is 9.14. The average Bonchev–Trinajstić information content (AvgIpc) is 2.04. The monoisotopic (exact) mass is 184 g/mol. The minimum Gasteiger partial charge on any atom is -0.326 e. The van der Waals surface area contributed by atoms with Crippen molar-refractivity contribution in [3.8, 4) is 0 Å². The molecule has 2 unspecified atom stereocenters. The maximum Gasteiger partial charge on any atom is 0.0446 e. The minimum atomic E-state index is -0.109. The van der Waals surface area contributed by atoms with Gasteiger partial charge in [-0.3, -0.25) is 0 Å². The maximum absolute atomic E-state index is 5.82. The van der Waals surface area contributed by atoms with E-state index in [9.17, 15) is 0 Å². The molecule has 12 heavy (non-hydrogen) atoms. The number of halogens is 1. The van der Waals surface area contributed by atoms with Gasteiger partial charge in [-0.1, -0.05) is 23.7 Å². The van der Waals surface area contributed by atoms with Crippen molar-refractivity contribution in [2.24, 2.45) is 11.5 Å². The lowest BCUT2D eigenvalue weighted by molar-refractivity contribution is 0.589. The summed E-state index contributed by atoms with van der Waals surface area (Å²) in [6.45, 7) is 1.89. The third-order valence-electron chi connectivity index (χ3n) is 1.82. The highest BCUT2D eigenvalue weighted by atomic mass is 35.5. The smallest absolute Gasteiger partial charge is 0.0446 e. The third kappa shape index (κ3) is 2.21. The van der Waals surface area contributed by atoms with Gasteiger partial charge in [-0.2, -0.15) is 0 Å². The van der Waals surface area contributed by atoms with Crippen LogP contribution < -0.4 is 11.5 Å². The average molecular weight is 185 g/mol. The van der Waals surface area contributed by atoms with Crippen molar-refractivity contribution < 1.29 is 0 Å². The van der Waals surface area contributed by atoms with Gasteiger partial charge in [0, 0.05) is 17.1 Å². The van der Waals surface area contributed by atoms with E-state index in [-0.39, 0.29) is 12.1 Å². The Labute approximate surface area is 77.5 Å². The van der Waals surface area contributed by atoms with Crippen LogP contribution in [0.1, 0.15) is 18.5 Å². The van der Waals surface area contributed by atoms with Crippen LogP contribution in [0.15, 0.2) is 24.3 Å². The summed E-state index contributed by atoms with van der Waals surface area (Å²) < 4.78 is 0. The SMILES string of the molecule is CC(N)C(N)c1ccc(Cl)cc1. The molecule has 0 aliphatic heterocycles. The van der Waals surface area contributed by atoms with E-state index in [2.05, 4.69) is 0 Å². The summed E-state index contributed by atoms with van der Waals surface area (Å²) in [4.78, 5) is 0. The van der Waals surface area contributed by atoms with E-state index in [1.54, 1.807) is 0 Å². The minimum absolute atomic E-state index is 0.0359. The second-order valence-electron chi connectivity index (χ2n) is 2.94. The molecule has 0 amide bonds. The Morgan fingerprint density at radius 3 is 2.08 bits per heavy atom. The number of benzene rings is 1. The van der Waals surface area contributed by atoms with Crippen LogP contribution in [0.5, 0.6) is 0 Å². The van der Waals surface area contributed by atoms with Crippen molar-refractivity contribution in [3.63, 3.8) is 0 Å². The van der Waals surface area contributed by atoms with Crippen molar-refractivity contribution >= 4 is 11.6 Å². The fourth-order valence-electron chi connectivity index (χ4n) is 0.989. The fraction of sp³-hybridized carbons (Fsp3) is 0.333. The van der Waals surface area contributed by atoms with Crippen LogP contribution in [-0.2, 0) is 0 Å². The van der Waals surface area contributed by atoms with Gasteiger partial charge < -0.3 is 11.5 Å². The zero-order valence-corrected chi connectivity index (χ0v) is 7.75. The molecule has 1 rings (SSSR count). The predicted molar refractivity (Wildman–Crippen MR) is 52.0 cm³/mol. The lowest BCUT2D eigenvalue weighted by atomic mass is 10.0. The number of hydrogen-bond donors (Lipinski definition) is 2. The van der Waals surface area contributed by atoms with E-state index in [0.717, 1.165) is 10.6 Å². The molecule has 1 aromatic rings. The predicted octanol–water partition coefficient (Wildman–Crippen LogP) is 1.69. The summed E-state index contributed by atoms with van der Waals surface area (Å²) in [5.41, 5.74) is 12.5. The Hall–Kier alpha value is -0.570. The Morgan fingerprint density at radius 1 is 1.17 bits per heavy atom. The number of nitrogens with two attached hydrogens (primary N) is 2. The number of hydrogen-bond acceptors (Lipinski definition) is 2. The molecule has 0 heterocycles. The highest BCUT2D eigenvalue weighted by Crippen LogP contribution is 2.16. The molecule has 1 aromatic carbocycles. The molecule has 0 saturated carbocycles.